The van der Waals surface area contributed by atoms with Crippen LogP contribution in [0.2, 0.25) is 0 Å². The largest absolute Gasteiger partial charge is 0.478 e. The lowest BCUT2D eigenvalue weighted by Gasteiger charge is -1.95. The van der Waals surface area contributed by atoms with E-state index in [0.29, 0.717) is 18.7 Å². The zero-order chi connectivity index (χ0) is 9.84. The molecule has 72 valence electrons. The summed E-state index contributed by atoms with van der Waals surface area (Å²) in [6.45, 7) is 0.695. The fraction of sp³-hybridized carbons (Fsp3) is 0.375. The van der Waals surface area contributed by atoms with Crippen LogP contribution in [0, 0.1) is 0 Å². The summed E-state index contributed by atoms with van der Waals surface area (Å²) in [7, 11) is 1.54. The molecule has 0 radical (unpaired) electrons. The first-order valence-corrected chi connectivity index (χ1v) is 4.54. The Kier molecular flexibility index (Phi) is 3.41. The fourth-order valence-corrected chi connectivity index (χ4v) is 2.01. The maximum atomic E-state index is 10.7. The monoisotopic (exact) mass is 201 g/mol. The van der Waals surface area contributed by atoms with Crippen molar-refractivity contribution >= 4 is 17.3 Å². The SMILES string of the molecule is COCc1sc(CN)cc1C(=O)O. The van der Waals surface area contributed by atoms with Crippen LogP contribution in [0.15, 0.2) is 6.07 Å². The fourth-order valence-electron chi connectivity index (χ4n) is 1.00. The molecule has 4 nitrogen and oxygen atoms in total. The molecular weight excluding hydrogens is 190 g/mol. The average Bonchev–Trinajstić information content (AvgIpc) is 2.48. The third-order valence-electron chi connectivity index (χ3n) is 1.57. The summed E-state index contributed by atoms with van der Waals surface area (Å²) in [4.78, 5) is 12.3. The highest BCUT2D eigenvalue weighted by Gasteiger charge is 2.13. The van der Waals surface area contributed by atoms with Gasteiger partial charge in [0.15, 0.2) is 0 Å². The lowest BCUT2D eigenvalue weighted by Crippen LogP contribution is -1.99. The Hall–Kier alpha value is -0.910. The third kappa shape index (κ3) is 2.27. The molecular formula is C8H11NO3S. The van der Waals surface area contributed by atoms with Crippen molar-refractivity contribution in [2.24, 2.45) is 5.73 Å². The van der Waals surface area contributed by atoms with Gasteiger partial charge in [-0.05, 0) is 6.07 Å². The number of carboxylic acids is 1. The number of hydrogen-bond donors (Lipinski definition) is 2. The maximum absolute atomic E-state index is 10.7. The highest BCUT2D eigenvalue weighted by atomic mass is 32.1. The van der Waals surface area contributed by atoms with Crippen molar-refractivity contribution in [3.8, 4) is 0 Å². The number of carbonyl (C=O) groups is 1. The van der Waals surface area contributed by atoms with Crippen molar-refractivity contribution in [1.29, 1.82) is 0 Å². The molecule has 0 saturated carbocycles. The Balaban J connectivity index is 3.00. The summed E-state index contributed by atoms with van der Waals surface area (Å²) in [6, 6.07) is 1.60. The molecule has 0 saturated heterocycles. The van der Waals surface area contributed by atoms with E-state index >= 15 is 0 Å². The predicted octanol–water partition coefficient (Wildman–Crippen LogP) is 1.05. The second-order valence-corrected chi connectivity index (χ2v) is 3.71. The van der Waals surface area contributed by atoms with Gasteiger partial charge in [-0.3, -0.25) is 0 Å². The van der Waals surface area contributed by atoms with E-state index in [1.165, 1.54) is 18.4 Å². The smallest absolute Gasteiger partial charge is 0.336 e. The number of nitrogens with two attached hydrogens (primary N) is 1. The minimum Gasteiger partial charge on any atom is -0.478 e. The first kappa shape index (κ1) is 10.2. The van der Waals surface area contributed by atoms with Gasteiger partial charge in [-0.1, -0.05) is 0 Å². The van der Waals surface area contributed by atoms with Gasteiger partial charge in [0.05, 0.1) is 12.2 Å². The van der Waals surface area contributed by atoms with Crippen molar-refractivity contribution in [3.05, 3.63) is 21.4 Å². The van der Waals surface area contributed by atoms with Crippen LogP contribution in [0.3, 0.4) is 0 Å². The summed E-state index contributed by atoms with van der Waals surface area (Å²) >= 11 is 1.38. The summed E-state index contributed by atoms with van der Waals surface area (Å²) in [6.07, 6.45) is 0. The van der Waals surface area contributed by atoms with E-state index in [1.54, 1.807) is 6.07 Å². The topological polar surface area (TPSA) is 72.5 Å². The van der Waals surface area contributed by atoms with E-state index in [0.717, 1.165) is 9.75 Å². The molecule has 0 bridgehead atoms. The van der Waals surface area contributed by atoms with Gasteiger partial charge in [0.25, 0.3) is 0 Å². The molecule has 0 aliphatic carbocycles. The molecule has 0 aliphatic rings. The normalized spacial score (nSPS) is 10.3. The molecule has 0 amide bonds. The molecule has 1 aromatic rings. The number of ether oxygens (including phenoxy) is 1. The van der Waals surface area contributed by atoms with Gasteiger partial charge in [0.2, 0.25) is 0 Å². The molecule has 0 spiro atoms. The molecule has 1 rings (SSSR count). The number of rotatable bonds is 4. The summed E-state index contributed by atoms with van der Waals surface area (Å²) < 4.78 is 4.88. The van der Waals surface area contributed by atoms with Crippen LogP contribution in [0.4, 0.5) is 0 Å². The highest BCUT2D eigenvalue weighted by Crippen LogP contribution is 2.22. The summed E-state index contributed by atoms with van der Waals surface area (Å²) in [5.41, 5.74) is 5.70. The Labute approximate surface area is 79.9 Å². The quantitative estimate of drug-likeness (QED) is 0.763. The molecule has 1 heterocycles. The van der Waals surface area contributed by atoms with Crippen LogP contribution in [0.5, 0.6) is 0 Å². The van der Waals surface area contributed by atoms with E-state index in [-0.39, 0.29) is 0 Å². The maximum Gasteiger partial charge on any atom is 0.336 e. The molecule has 0 fully saturated rings. The number of hydrogen-bond acceptors (Lipinski definition) is 4. The highest BCUT2D eigenvalue weighted by molar-refractivity contribution is 7.12. The lowest BCUT2D eigenvalue weighted by atomic mass is 10.2. The van der Waals surface area contributed by atoms with E-state index in [9.17, 15) is 4.79 Å². The standard InChI is InChI=1S/C8H11NO3S/c1-12-4-7-6(8(10)11)2-5(3-9)13-7/h2H,3-4,9H2,1H3,(H,10,11). The van der Waals surface area contributed by atoms with Crippen LogP contribution in [-0.2, 0) is 17.9 Å². The summed E-state index contributed by atoms with van der Waals surface area (Å²) in [5.74, 6) is -0.928. The van der Waals surface area contributed by atoms with Gasteiger partial charge >= 0.3 is 5.97 Å². The van der Waals surface area contributed by atoms with Gasteiger partial charge in [-0.2, -0.15) is 0 Å². The van der Waals surface area contributed by atoms with Gasteiger partial charge < -0.3 is 15.6 Å². The van der Waals surface area contributed by atoms with E-state index < -0.39 is 5.97 Å². The first-order valence-electron chi connectivity index (χ1n) is 3.73. The second kappa shape index (κ2) is 4.36. The van der Waals surface area contributed by atoms with Gasteiger partial charge in [-0.15, -0.1) is 11.3 Å². The Morgan fingerprint density at radius 1 is 1.77 bits per heavy atom. The van der Waals surface area contributed by atoms with Gasteiger partial charge in [0, 0.05) is 23.4 Å². The molecule has 0 aromatic carbocycles. The lowest BCUT2D eigenvalue weighted by molar-refractivity contribution is 0.0693. The first-order chi connectivity index (χ1) is 6.19. The van der Waals surface area contributed by atoms with Crippen molar-refractivity contribution in [1.82, 2.24) is 0 Å². The van der Waals surface area contributed by atoms with Crippen LogP contribution < -0.4 is 5.73 Å². The van der Waals surface area contributed by atoms with Crippen LogP contribution >= 0.6 is 11.3 Å². The van der Waals surface area contributed by atoms with Gasteiger partial charge in [-0.25, -0.2) is 4.79 Å². The summed E-state index contributed by atoms with van der Waals surface area (Å²) in [5, 5.41) is 8.81. The zero-order valence-electron chi connectivity index (χ0n) is 7.24. The zero-order valence-corrected chi connectivity index (χ0v) is 8.06. The van der Waals surface area contributed by atoms with E-state index in [2.05, 4.69) is 0 Å². The molecule has 0 unspecified atom stereocenters. The van der Waals surface area contributed by atoms with Crippen molar-refractivity contribution in [2.45, 2.75) is 13.2 Å². The molecule has 0 atom stereocenters. The Morgan fingerprint density at radius 2 is 2.46 bits per heavy atom. The predicted molar refractivity (Wildman–Crippen MR) is 49.9 cm³/mol. The van der Waals surface area contributed by atoms with Crippen molar-refractivity contribution in [3.63, 3.8) is 0 Å². The molecule has 1 aromatic heterocycles. The third-order valence-corrected chi connectivity index (χ3v) is 2.70. The number of aromatic carboxylic acids is 1. The number of carboxylic acid groups (broad SMARTS) is 1. The van der Waals surface area contributed by atoms with Gasteiger partial charge in [0.1, 0.15) is 0 Å². The van der Waals surface area contributed by atoms with Crippen LogP contribution in [-0.4, -0.2) is 18.2 Å². The number of thiophene rings is 1. The second-order valence-electron chi connectivity index (χ2n) is 2.49. The Bertz CT molecular complexity index is 308. The molecule has 3 N–H and O–H groups in total. The minimum atomic E-state index is -0.928. The minimum absolute atomic E-state index is 0.298. The Morgan fingerprint density at radius 3 is 2.92 bits per heavy atom. The molecule has 13 heavy (non-hydrogen) atoms. The van der Waals surface area contributed by atoms with Crippen molar-refractivity contribution in [2.75, 3.05) is 7.11 Å². The van der Waals surface area contributed by atoms with Crippen LogP contribution in [0.25, 0.3) is 0 Å². The average molecular weight is 201 g/mol. The molecule has 5 heteroatoms. The van der Waals surface area contributed by atoms with Crippen LogP contribution in [0.1, 0.15) is 20.1 Å². The van der Waals surface area contributed by atoms with Crippen molar-refractivity contribution < 1.29 is 14.6 Å². The van der Waals surface area contributed by atoms with E-state index in [1.807, 2.05) is 0 Å². The van der Waals surface area contributed by atoms with E-state index in [4.69, 9.17) is 15.6 Å². The number of methoxy groups -OCH3 is 1. The molecule has 0 aliphatic heterocycles.